The van der Waals surface area contributed by atoms with Crippen LogP contribution in [0, 0.1) is 5.92 Å². The van der Waals surface area contributed by atoms with Gasteiger partial charge in [-0.2, -0.15) is 13.2 Å². The molecule has 1 aliphatic rings. The van der Waals surface area contributed by atoms with E-state index in [2.05, 4.69) is 25.8 Å². The molecule has 2 aromatic heterocycles. The summed E-state index contributed by atoms with van der Waals surface area (Å²) in [5.74, 6) is 1.54. The average Bonchev–Trinajstić information content (AvgIpc) is 2.92. The van der Waals surface area contributed by atoms with Crippen LogP contribution in [0.5, 0.6) is 0 Å². The molecule has 3 rings (SSSR count). The van der Waals surface area contributed by atoms with E-state index in [4.69, 9.17) is 11.6 Å². The number of hydrogen-bond donors (Lipinski definition) is 2. The van der Waals surface area contributed by atoms with Crippen molar-refractivity contribution in [1.29, 1.82) is 0 Å². The van der Waals surface area contributed by atoms with E-state index in [1.807, 2.05) is 0 Å². The van der Waals surface area contributed by atoms with Gasteiger partial charge in [-0.1, -0.05) is 18.0 Å². The Morgan fingerprint density at radius 2 is 2.08 bits per heavy atom. The lowest BCUT2D eigenvalue weighted by molar-refractivity contribution is -0.137. The first-order valence-electron chi connectivity index (χ1n) is 7.93. The first-order chi connectivity index (χ1) is 11.9. The molecule has 1 saturated carbocycles. The molecule has 0 amide bonds. The van der Waals surface area contributed by atoms with Gasteiger partial charge in [-0.25, -0.2) is 0 Å². The Labute approximate surface area is 170 Å². The van der Waals surface area contributed by atoms with Crippen molar-refractivity contribution in [3.05, 3.63) is 28.7 Å². The zero-order valence-electron chi connectivity index (χ0n) is 14.0. The molecule has 1 aliphatic carbocycles. The Kier molecular flexibility index (Phi) is 6.94. The van der Waals surface area contributed by atoms with Gasteiger partial charge in [0.25, 0.3) is 0 Å². The van der Waals surface area contributed by atoms with E-state index in [0.29, 0.717) is 17.7 Å². The van der Waals surface area contributed by atoms with Gasteiger partial charge in [0.1, 0.15) is 0 Å². The second-order valence-corrected chi connectivity index (χ2v) is 6.40. The zero-order chi connectivity index (χ0) is 18.0. The van der Waals surface area contributed by atoms with Crippen LogP contribution in [0.15, 0.2) is 17.3 Å². The number of alkyl halides is 3. The zero-order valence-corrected chi connectivity index (χ0v) is 17.1. The van der Waals surface area contributed by atoms with Gasteiger partial charge in [-0.3, -0.25) is 9.39 Å². The van der Waals surface area contributed by atoms with E-state index in [1.54, 1.807) is 7.05 Å². The molecule has 26 heavy (non-hydrogen) atoms. The fourth-order valence-electron chi connectivity index (χ4n) is 2.60. The number of guanidine groups is 1. The first-order valence-corrected chi connectivity index (χ1v) is 8.31. The van der Waals surface area contributed by atoms with Crippen molar-refractivity contribution in [2.75, 3.05) is 13.6 Å². The number of halogens is 5. The van der Waals surface area contributed by atoms with Crippen molar-refractivity contribution in [2.24, 2.45) is 10.9 Å². The van der Waals surface area contributed by atoms with Crippen LogP contribution >= 0.6 is 35.6 Å². The molecule has 0 aromatic carbocycles. The number of aromatic nitrogens is 3. The van der Waals surface area contributed by atoms with Gasteiger partial charge < -0.3 is 10.6 Å². The van der Waals surface area contributed by atoms with Crippen molar-refractivity contribution in [3.8, 4) is 0 Å². The van der Waals surface area contributed by atoms with Gasteiger partial charge in [0, 0.05) is 19.8 Å². The van der Waals surface area contributed by atoms with Crippen LogP contribution in [-0.2, 0) is 12.7 Å². The van der Waals surface area contributed by atoms with E-state index in [1.165, 1.54) is 23.7 Å². The monoisotopic (exact) mass is 502 g/mol. The van der Waals surface area contributed by atoms with E-state index in [9.17, 15) is 13.2 Å². The van der Waals surface area contributed by atoms with Crippen molar-refractivity contribution in [1.82, 2.24) is 25.2 Å². The van der Waals surface area contributed by atoms with E-state index < -0.39 is 11.7 Å². The van der Waals surface area contributed by atoms with Crippen LogP contribution in [0.1, 0.15) is 30.7 Å². The SMILES string of the molecule is CN=C(NCc1nnc2c(Cl)cc(C(F)(F)F)cn12)NCC1CCC1.I. The molecule has 2 heterocycles. The average molecular weight is 503 g/mol. The molecule has 0 unspecified atom stereocenters. The van der Waals surface area contributed by atoms with Crippen LogP contribution in [0.2, 0.25) is 5.02 Å². The Morgan fingerprint density at radius 1 is 1.35 bits per heavy atom. The minimum absolute atomic E-state index is 0. The molecule has 0 bridgehead atoms. The highest BCUT2D eigenvalue weighted by molar-refractivity contribution is 14.0. The maximum atomic E-state index is 13.0. The number of nitrogens with zero attached hydrogens (tertiary/aromatic N) is 4. The van der Waals surface area contributed by atoms with Gasteiger partial charge in [0.15, 0.2) is 17.4 Å². The Morgan fingerprint density at radius 3 is 2.65 bits per heavy atom. The second-order valence-electron chi connectivity index (χ2n) is 5.99. The summed E-state index contributed by atoms with van der Waals surface area (Å²) in [6.07, 6.45) is 0.122. The van der Waals surface area contributed by atoms with Crippen molar-refractivity contribution >= 4 is 47.2 Å². The number of rotatable bonds is 4. The molecule has 2 aromatic rings. The summed E-state index contributed by atoms with van der Waals surface area (Å²) < 4.78 is 40.1. The molecule has 0 aliphatic heterocycles. The van der Waals surface area contributed by atoms with Crippen LogP contribution in [0.4, 0.5) is 13.2 Å². The van der Waals surface area contributed by atoms with E-state index in [-0.39, 0.29) is 41.2 Å². The van der Waals surface area contributed by atoms with Crippen LogP contribution < -0.4 is 10.6 Å². The summed E-state index contributed by atoms with van der Waals surface area (Å²) in [6, 6.07) is 0.849. The molecule has 0 radical (unpaired) electrons. The van der Waals surface area contributed by atoms with Gasteiger partial charge >= 0.3 is 6.18 Å². The highest BCUT2D eigenvalue weighted by Gasteiger charge is 2.32. The quantitative estimate of drug-likeness (QED) is 0.382. The fourth-order valence-corrected chi connectivity index (χ4v) is 2.84. The predicted molar refractivity (Wildman–Crippen MR) is 104 cm³/mol. The number of aliphatic imine (C=N–C) groups is 1. The topological polar surface area (TPSA) is 66.6 Å². The van der Waals surface area contributed by atoms with Gasteiger partial charge in [-0.05, 0) is 24.8 Å². The highest BCUT2D eigenvalue weighted by atomic mass is 127. The summed E-state index contributed by atoms with van der Waals surface area (Å²) >= 11 is 5.90. The Hall–Kier alpha value is -1.30. The minimum atomic E-state index is -4.49. The number of fused-ring (bicyclic) bond motifs is 1. The maximum absolute atomic E-state index is 13.0. The summed E-state index contributed by atoms with van der Waals surface area (Å²) in [4.78, 5) is 4.10. The Balaban J connectivity index is 0.00000243. The largest absolute Gasteiger partial charge is 0.417 e. The third kappa shape index (κ3) is 4.70. The van der Waals surface area contributed by atoms with Crippen molar-refractivity contribution < 1.29 is 13.2 Å². The number of nitrogens with one attached hydrogen (secondary N) is 2. The Bertz CT molecular complexity index is 788. The molecule has 0 atom stereocenters. The third-order valence-electron chi connectivity index (χ3n) is 4.28. The minimum Gasteiger partial charge on any atom is -0.356 e. The van der Waals surface area contributed by atoms with E-state index in [0.717, 1.165) is 18.8 Å². The molecule has 0 spiro atoms. The molecular formula is C15H19ClF3IN6. The second kappa shape index (κ2) is 8.59. The molecule has 1 fully saturated rings. The molecule has 11 heteroatoms. The summed E-state index contributed by atoms with van der Waals surface area (Å²) in [6.45, 7) is 0.994. The molecule has 2 N–H and O–H groups in total. The summed E-state index contributed by atoms with van der Waals surface area (Å²) in [5.41, 5.74) is -0.664. The van der Waals surface area contributed by atoms with Crippen LogP contribution in [0.25, 0.3) is 5.65 Å². The van der Waals surface area contributed by atoms with Crippen molar-refractivity contribution in [2.45, 2.75) is 32.0 Å². The van der Waals surface area contributed by atoms with Gasteiger partial charge in [0.05, 0.1) is 17.1 Å². The fraction of sp³-hybridized carbons (Fsp3) is 0.533. The number of pyridine rings is 1. The lowest BCUT2D eigenvalue weighted by Gasteiger charge is -2.26. The van der Waals surface area contributed by atoms with Gasteiger partial charge in [-0.15, -0.1) is 34.2 Å². The smallest absolute Gasteiger partial charge is 0.356 e. The first kappa shape index (κ1) is 21.0. The molecule has 0 saturated heterocycles. The van der Waals surface area contributed by atoms with Crippen LogP contribution in [0.3, 0.4) is 0 Å². The molecule has 144 valence electrons. The van der Waals surface area contributed by atoms with Gasteiger partial charge in [0.2, 0.25) is 0 Å². The lowest BCUT2D eigenvalue weighted by atomic mass is 9.85. The predicted octanol–water partition coefficient (Wildman–Crippen LogP) is 3.48. The van der Waals surface area contributed by atoms with Crippen molar-refractivity contribution in [3.63, 3.8) is 0 Å². The highest BCUT2D eigenvalue weighted by Crippen LogP contribution is 2.32. The van der Waals surface area contributed by atoms with Crippen LogP contribution in [-0.4, -0.2) is 34.2 Å². The summed E-state index contributed by atoms with van der Waals surface area (Å²) in [5, 5.41) is 13.9. The van der Waals surface area contributed by atoms with E-state index >= 15 is 0 Å². The lowest BCUT2D eigenvalue weighted by Crippen LogP contribution is -2.40. The number of hydrogen-bond acceptors (Lipinski definition) is 3. The molecule has 6 nitrogen and oxygen atoms in total. The normalized spacial score (nSPS) is 15.5. The maximum Gasteiger partial charge on any atom is 0.417 e. The summed E-state index contributed by atoms with van der Waals surface area (Å²) in [7, 11) is 1.64. The third-order valence-corrected chi connectivity index (χ3v) is 4.56. The standard InChI is InChI=1S/C15H18ClF3N6.HI/c1-20-14(21-6-9-3-2-4-9)22-7-12-23-24-13-11(16)5-10(8-25(12)13)15(17,18)19;/h5,8-9H,2-4,6-7H2,1H3,(H2,20,21,22);1H. The molecular weight excluding hydrogens is 484 g/mol.